The predicted octanol–water partition coefficient (Wildman–Crippen LogP) is 4.47. The van der Waals surface area contributed by atoms with E-state index in [9.17, 15) is 19.2 Å². The van der Waals surface area contributed by atoms with E-state index in [1.807, 2.05) is 31.2 Å². The largest absolute Gasteiger partial charge is 0.444 e. The van der Waals surface area contributed by atoms with E-state index in [1.54, 1.807) is 51.1 Å². The lowest BCUT2D eigenvalue weighted by atomic mass is 9.87. The Balaban J connectivity index is 2.06. The number of carbonyl (C=O) groups is 4. The van der Waals surface area contributed by atoms with Gasteiger partial charge in [0.15, 0.2) is 0 Å². The van der Waals surface area contributed by atoms with Crippen LogP contribution >= 0.6 is 0 Å². The summed E-state index contributed by atoms with van der Waals surface area (Å²) in [5.41, 5.74) is 7.49. The number of aryl methyl sites for hydroxylation is 1. The smallest absolute Gasteiger partial charge is 0.408 e. The average molecular weight is 535 g/mol. The molecule has 208 valence electrons. The lowest BCUT2D eigenvalue weighted by Crippen LogP contribution is -2.57. The molecule has 2 unspecified atom stereocenters. The van der Waals surface area contributed by atoms with Crippen molar-refractivity contribution in [3.05, 3.63) is 71.8 Å². The van der Waals surface area contributed by atoms with Gasteiger partial charge in [-0.15, -0.1) is 0 Å². The fraction of sp³-hybridized carbons (Fsp3) is 0.400. The minimum absolute atomic E-state index is 0.270. The first-order valence-corrected chi connectivity index (χ1v) is 13.1. The van der Waals surface area contributed by atoms with E-state index in [0.717, 1.165) is 17.5 Å². The molecule has 4 N–H and O–H groups in total. The van der Waals surface area contributed by atoms with Crippen molar-refractivity contribution in [3.8, 4) is 0 Å². The third-order valence-electron chi connectivity index (χ3n) is 6.51. The molecule has 1 fully saturated rings. The summed E-state index contributed by atoms with van der Waals surface area (Å²) in [5, 5.41) is 5.49. The molecule has 2 atom stereocenters. The standard InChI is InChI=1S/C30H38N4O5/c1-6-20-12-9-13-21(17-20)26(27(36)32-23-16-8-7-11-19(23)2)34(22-14-10-15-22)28(37)24(18-25(31)35)33-29(38)39-30(3,4)5/h6-9,11-13,16-17,22,24,26H,1,10,14-15,18H2,2-5H3,(H2,31,35)(H,32,36)(H,33,38). The van der Waals surface area contributed by atoms with Crippen molar-refractivity contribution >= 4 is 35.6 Å². The molecular weight excluding hydrogens is 496 g/mol. The number of nitrogens with one attached hydrogen (secondary N) is 2. The minimum atomic E-state index is -1.31. The topological polar surface area (TPSA) is 131 Å². The van der Waals surface area contributed by atoms with E-state index < -0.39 is 47.9 Å². The number of hydrogen-bond donors (Lipinski definition) is 3. The van der Waals surface area contributed by atoms with Crippen LogP contribution in [-0.2, 0) is 19.1 Å². The highest BCUT2D eigenvalue weighted by molar-refractivity contribution is 6.00. The van der Waals surface area contributed by atoms with Crippen LogP contribution in [0.5, 0.6) is 0 Å². The molecule has 1 aliphatic rings. The zero-order valence-corrected chi connectivity index (χ0v) is 23.0. The molecule has 0 bridgehead atoms. The second-order valence-corrected chi connectivity index (χ2v) is 10.8. The summed E-state index contributed by atoms with van der Waals surface area (Å²) in [6, 6.07) is 12.0. The van der Waals surface area contributed by atoms with Gasteiger partial charge in [-0.25, -0.2) is 4.79 Å². The molecule has 4 amide bonds. The Bertz CT molecular complexity index is 1230. The van der Waals surface area contributed by atoms with Gasteiger partial charge < -0.3 is 26.0 Å². The minimum Gasteiger partial charge on any atom is -0.444 e. The Kier molecular flexibility index (Phi) is 9.51. The number of ether oxygens (including phenoxy) is 1. The average Bonchev–Trinajstić information content (AvgIpc) is 2.81. The third kappa shape index (κ3) is 7.92. The Morgan fingerprint density at radius 2 is 1.82 bits per heavy atom. The van der Waals surface area contributed by atoms with Gasteiger partial charge in [0.2, 0.25) is 11.8 Å². The highest BCUT2D eigenvalue weighted by Crippen LogP contribution is 2.35. The van der Waals surface area contributed by atoms with Crippen LogP contribution in [0, 0.1) is 6.92 Å². The highest BCUT2D eigenvalue weighted by Gasteiger charge is 2.42. The monoisotopic (exact) mass is 534 g/mol. The maximum atomic E-state index is 14.2. The molecule has 0 aliphatic heterocycles. The molecule has 3 rings (SSSR count). The number of anilines is 1. The molecule has 0 aromatic heterocycles. The van der Waals surface area contributed by atoms with Crippen molar-refractivity contribution in [2.45, 2.75) is 77.1 Å². The maximum absolute atomic E-state index is 14.2. The van der Waals surface area contributed by atoms with Crippen molar-refractivity contribution in [2.24, 2.45) is 5.73 Å². The van der Waals surface area contributed by atoms with E-state index in [2.05, 4.69) is 17.2 Å². The lowest BCUT2D eigenvalue weighted by molar-refractivity contribution is -0.146. The fourth-order valence-corrected chi connectivity index (χ4v) is 4.42. The van der Waals surface area contributed by atoms with Gasteiger partial charge in [-0.05, 0) is 75.8 Å². The number of hydrogen-bond acceptors (Lipinski definition) is 5. The van der Waals surface area contributed by atoms with Crippen molar-refractivity contribution < 1.29 is 23.9 Å². The van der Waals surface area contributed by atoms with Gasteiger partial charge in [-0.1, -0.05) is 49.1 Å². The number of nitrogens with zero attached hydrogens (tertiary/aromatic N) is 1. The summed E-state index contributed by atoms with van der Waals surface area (Å²) >= 11 is 0. The zero-order valence-electron chi connectivity index (χ0n) is 23.0. The van der Waals surface area contributed by atoms with Crippen molar-refractivity contribution in [1.82, 2.24) is 10.2 Å². The van der Waals surface area contributed by atoms with Crippen LogP contribution in [0.1, 0.15) is 69.2 Å². The van der Waals surface area contributed by atoms with Gasteiger partial charge in [0.1, 0.15) is 17.7 Å². The van der Waals surface area contributed by atoms with Crippen LogP contribution in [0.2, 0.25) is 0 Å². The number of para-hydroxylation sites is 1. The number of benzene rings is 2. The first kappa shape index (κ1) is 29.4. The molecule has 1 saturated carbocycles. The van der Waals surface area contributed by atoms with Crippen LogP contribution < -0.4 is 16.4 Å². The summed E-state index contributed by atoms with van der Waals surface area (Å²) in [5.74, 6) is -1.77. The van der Waals surface area contributed by atoms with Gasteiger partial charge in [0.05, 0.1) is 6.42 Å². The van der Waals surface area contributed by atoms with Crippen LogP contribution in [0.3, 0.4) is 0 Å². The van der Waals surface area contributed by atoms with E-state index in [0.29, 0.717) is 24.1 Å². The SMILES string of the molecule is C=Cc1cccc(C(C(=O)Nc2ccccc2C)N(C(=O)C(CC(N)=O)NC(=O)OC(C)(C)C)C2CCC2)c1. The van der Waals surface area contributed by atoms with Crippen molar-refractivity contribution in [2.75, 3.05) is 5.32 Å². The molecule has 9 heteroatoms. The predicted molar refractivity (Wildman–Crippen MR) is 151 cm³/mol. The molecule has 9 nitrogen and oxygen atoms in total. The zero-order chi connectivity index (χ0) is 28.7. The molecule has 0 saturated heterocycles. The fourth-order valence-electron chi connectivity index (χ4n) is 4.42. The molecule has 1 aliphatic carbocycles. The normalized spacial score (nSPS) is 14.8. The van der Waals surface area contributed by atoms with Gasteiger partial charge in [0, 0.05) is 11.7 Å². The second kappa shape index (κ2) is 12.6. The molecule has 0 radical (unpaired) electrons. The van der Waals surface area contributed by atoms with E-state index in [4.69, 9.17) is 10.5 Å². The quantitative estimate of drug-likeness (QED) is 0.414. The molecule has 39 heavy (non-hydrogen) atoms. The van der Waals surface area contributed by atoms with E-state index in [1.165, 1.54) is 4.90 Å². The summed E-state index contributed by atoms with van der Waals surface area (Å²) < 4.78 is 5.33. The first-order chi connectivity index (χ1) is 18.4. The van der Waals surface area contributed by atoms with Gasteiger partial charge in [-0.3, -0.25) is 14.4 Å². The lowest BCUT2D eigenvalue weighted by Gasteiger charge is -2.43. The van der Waals surface area contributed by atoms with Crippen LogP contribution in [0.4, 0.5) is 10.5 Å². The number of amides is 4. The number of nitrogens with two attached hydrogens (primary N) is 1. The number of primary amides is 1. The molecule has 0 heterocycles. The van der Waals surface area contributed by atoms with Gasteiger partial charge >= 0.3 is 6.09 Å². The highest BCUT2D eigenvalue weighted by atomic mass is 16.6. The number of alkyl carbamates (subject to hydrolysis) is 1. The van der Waals surface area contributed by atoms with E-state index >= 15 is 0 Å². The Morgan fingerprint density at radius 1 is 1.13 bits per heavy atom. The number of rotatable bonds is 10. The van der Waals surface area contributed by atoms with Crippen LogP contribution in [0.15, 0.2) is 55.1 Å². The second-order valence-electron chi connectivity index (χ2n) is 10.8. The number of carbonyl (C=O) groups excluding carboxylic acids is 4. The van der Waals surface area contributed by atoms with Crippen molar-refractivity contribution in [3.63, 3.8) is 0 Å². The Morgan fingerprint density at radius 3 is 2.38 bits per heavy atom. The van der Waals surface area contributed by atoms with Crippen molar-refractivity contribution in [1.29, 1.82) is 0 Å². The Hall–Kier alpha value is -4.14. The summed E-state index contributed by atoms with van der Waals surface area (Å²) in [6.07, 6.45) is 2.60. The molecular formula is C30H38N4O5. The molecule has 2 aromatic rings. The van der Waals surface area contributed by atoms with E-state index in [-0.39, 0.29) is 6.04 Å². The summed E-state index contributed by atoms with van der Waals surface area (Å²) in [7, 11) is 0. The molecule has 0 spiro atoms. The summed E-state index contributed by atoms with van der Waals surface area (Å²) in [4.78, 5) is 54.2. The van der Waals surface area contributed by atoms with Gasteiger partial charge in [0.25, 0.3) is 5.91 Å². The maximum Gasteiger partial charge on any atom is 0.408 e. The summed E-state index contributed by atoms with van der Waals surface area (Å²) in [6.45, 7) is 10.8. The van der Waals surface area contributed by atoms with Crippen LogP contribution in [-0.4, -0.2) is 46.4 Å². The first-order valence-electron chi connectivity index (χ1n) is 13.1. The third-order valence-corrected chi connectivity index (χ3v) is 6.51. The molecule has 2 aromatic carbocycles. The Labute approximate surface area is 229 Å². The van der Waals surface area contributed by atoms with Crippen LogP contribution in [0.25, 0.3) is 6.08 Å². The van der Waals surface area contributed by atoms with Gasteiger partial charge in [-0.2, -0.15) is 0 Å².